The number of rotatable bonds is 5. The molecule has 0 spiro atoms. The maximum Gasteiger partial charge on any atom is 0.367 e. The van der Waals surface area contributed by atoms with E-state index in [1.807, 2.05) is 42.5 Å². The van der Waals surface area contributed by atoms with E-state index >= 15 is 0 Å². The molecule has 2 aromatic heterocycles. The van der Waals surface area contributed by atoms with Crippen LogP contribution >= 0.6 is 23.2 Å². The molecule has 0 saturated carbocycles. The second-order valence-electron chi connectivity index (χ2n) is 7.54. The summed E-state index contributed by atoms with van der Waals surface area (Å²) in [5.41, 5.74) is 3.55. The molecule has 0 radical (unpaired) electrons. The van der Waals surface area contributed by atoms with Gasteiger partial charge in [0.2, 0.25) is 5.91 Å². The first-order valence-corrected chi connectivity index (χ1v) is 11.1. The molecule has 34 heavy (non-hydrogen) atoms. The molecule has 168 valence electrons. The average Bonchev–Trinajstić information content (AvgIpc) is 3.15. The lowest BCUT2D eigenvalue weighted by atomic mass is 9.97. The summed E-state index contributed by atoms with van der Waals surface area (Å²) < 4.78 is 2.30. The molecule has 9 heteroatoms. The van der Waals surface area contributed by atoms with E-state index in [1.54, 1.807) is 42.6 Å². The Morgan fingerprint density at radius 3 is 2.12 bits per heavy atom. The van der Waals surface area contributed by atoms with Gasteiger partial charge in [0.25, 0.3) is 0 Å². The highest BCUT2D eigenvalue weighted by molar-refractivity contribution is 6.31. The Labute approximate surface area is 204 Å². The van der Waals surface area contributed by atoms with Gasteiger partial charge in [0.05, 0.1) is 6.20 Å². The minimum absolute atomic E-state index is 0.257. The van der Waals surface area contributed by atoms with E-state index < -0.39 is 5.69 Å². The molecule has 5 rings (SSSR count). The predicted molar refractivity (Wildman–Crippen MR) is 133 cm³/mol. The Morgan fingerprint density at radius 1 is 0.853 bits per heavy atom. The number of halogens is 2. The zero-order valence-corrected chi connectivity index (χ0v) is 19.2. The summed E-state index contributed by atoms with van der Waals surface area (Å²) in [6.45, 7) is -0.257. The number of carbonyl (C=O) groups excluding carboxylic acids is 1. The highest BCUT2D eigenvalue weighted by atomic mass is 35.5. The topological polar surface area (TPSA) is 81.3 Å². The molecule has 2 heterocycles. The van der Waals surface area contributed by atoms with Crippen molar-refractivity contribution in [2.75, 3.05) is 5.32 Å². The van der Waals surface area contributed by atoms with Crippen molar-refractivity contribution in [1.29, 1.82) is 0 Å². The van der Waals surface area contributed by atoms with Crippen LogP contribution in [0, 0.1) is 0 Å². The first-order valence-electron chi connectivity index (χ1n) is 10.4. The molecule has 0 aliphatic heterocycles. The molecule has 0 unspecified atom stereocenters. The molecule has 0 atom stereocenters. The summed E-state index contributed by atoms with van der Waals surface area (Å²) in [6, 6.07) is 23.6. The summed E-state index contributed by atoms with van der Waals surface area (Å²) >= 11 is 12.2. The van der Waals surface area contributed by atoms with Crippen molar-refractivity contribution in [3.63, 3.8) is 0 Å². The minimum atomic E-state index is -0.518. The Bertz CT molecular complexity index is 1540. The molecule has 0 saturated heterocycles. The van der Waals surface area contributed by atoms with Crippen LogP contribution in [-0.2, 0) is 11.3 Å². The summed E-state index contributed by atoms with van der Waals surface area (Å²) in [5, 5.41) is 12.8. The van der Waals surface area contributed by atoms with Crippen LogP contribution in [0.2, 0.25) is 10.0 Å². The van der Waals surface area contributed by atoms with Crippen molar-refractivity contribution < 1.29 is 4.79 Å². The standard InChI is InChI=1S/C25H17Cl2N5O2/c26-18-10-6-16(7-11-18)21-14-28-32-24(23(21)17-8-12-19(27)13-9-17)30-31(25(32)34)15-22(33)29-20-4-2-1-3-5-20/h1-14H,15H2,(H,29,33). The van der Waals surface area contributed by atoms with Crippen LogP contribution < -0.4 is 11.0 Å². The van der Waals surface area contributed by atoms with Crippen molar-refractivity contribution in [2.24, 2.45) is 0 Å². The predicted octanol–water partition coefficient (Wildman–Crippen LogP) is 5.17. The zero-order valence-electron chi connectivity index (χ0n) is 17.7. The number of anilines is 1. The number of amides is 1. The molecule has 1 N–H and O–H groups in total. The maximum atomic E-state index is 13.0. The van der Waals surface area contributed by atoms with Crippen molar-refractivity contribution in [1.82, 2.24) is 19.4 Å². The molecule has 3 aromatic carbocycles. The third kappa shape index (κ3) is 4.31. The summed E-state index contributed by atoms with van der Waals surface area (Å²) in [7, 11) is 0. The van der Waals surface area contributed by atoms with Crippen molar-refractivity contribution in [3.8, 4) is 22.3 Å². The second kappa shape index (κ2) is 9.13. The monoisotopic (exact) mass is 489 g/mol. The number of nitrogens with one attached hydrogen (secondary N) is 1. The van der Waals surface area contributed by atoms with Crippen LogP contribution in [0.25, 0.3) is 27.9 Å². The number of carbonyl (C=O) groups is 1. The number of hydrogen-bond donors (Lipinski definition) is 1. The van der Waals surface area contributed by atoms with Gasteiger partial charge in [-0.3, -0.25) is 4.79 Å². The van der Waals surface area contributed by atoms with Gasteiger partial charge < -0.3 is 5.32 Å². The number of hydrogen-bond acceptors (Lipinski definition) is 4. The average molecular weight is 490 g/mol. The molecule has 7 nitrogen and oxygen atoms in total. The Hall–Kier alpha value is -3.94. The number of para-hydroxylation sites is 1. The fraction of sp³-hybridized carbons (Fsp3) is 0.0400. The van der Waals surface area contributed by atoms with E-state index in [9.17, 15) is 9.59 Å². The van der Waals surface area contributed by atoms with Gasteiger partial charge in [0, 0.05) is 26.9 Å². The summed E-state index contributed by atoms with van der Waals surface area (Å²) in [5.74, 6) is -0.373. The van der Waals surface area contributed by atoms with Gasteiger partial charge in [0.15, 0.2) is 5.65 Å². The van der Waals surface area contributed by atoms with E-state index in [4.69, 9.17) is 23.2 Å². The van der Waals surface area contributed by atoms with E-state index in [2.05, 4.69) is 15.5 Å². The molecule has 0 fully saturated rings. The highest BCUT2D eigenvalue weighted by Gasteiger charge is 2.20. The summed E-state index contributed by atoms with van der Waals surface area (Å²) in [4.78, 5) is 25.6. The molecule has 0 bridgehead atoms. The molecule has 0 aliphatic carbocycles. The van der Waals surface area contributed by atoms with Gasteiger partial charge in [-0.15, -0.1) is 5.10 Å². The van der Waals surface area contributed by atoms with Crippen molar-refractivity contribution in [3.05, 3.63) is 106 Å². The number of fused-ring (bicyclic) bond motifs is 1. The van der Waals surface area contributed by atoms with Gasteiger partial charge >= 0.3 is 5.69 Å². The maximum absolute atomic E-state index is 13.0. The van der Waals surface area contributed by atoms with E-state index in [-0.39, 0.29) is 12.5 Å². The normalized spacial score (nSPS) is 11.0. The van der Waals surface area contributed by atoms with E-state index in [0.29, 0.717) is 26.9 Å². The van der Waals surface area contributed by atoms with Crippen LogP contribution in [0.1, 0.15) is 0 Å². The molecular formula is C25H17Cl2N5O2. The lowest BCUT2D eigenvalue weighted by Crippen LogP contribution is -2.28. The van der Waals surface area contributed by atoms with Crippen LogP contribution in [0.4, 0.5) is 5.69 Å². The highest BCUT2D eigenvalue weighted by Crippen LogP contribution is 2.34. The molecule has 5 aromatic rings. The van der Waals surface area contributed by atoms with Gasteiger partial charge in [-0.2, -0.15) is 9.61 Å². The van der Waals surface area contributed by atoms with Crippen LogP contribution in [0.15, 0.2) is 89.9 Å². The van der Waals surface area contributed by atoms with Gasteiger partial charge in [-0.25, -0.2) is 9.48 Å². The third-order valence-electron chi connectivity index (χ3n) is 5.25. The fourth-order valence-corrected chi connectivity index (χ4v) is 3.92. The lowest BCUT2D eigenvalue weighted by molar-refractivity contribution is -0.117. The number of aromatic nitrogens is 4. The van der Waals surface area contributed by atoms with Gasteiger partial charge in [-0.1, -0.05) is 65.7 Å². The van der Waals surface area contributed by atoms with Crippen molar-refractivity contribution in [2.45, 2.75) is 6.54 Å². The quantitative estimate of drug-likeness (QED) is 0.369. The van der Waals surface area contributed by atoms with Crippen LogP contribution in [0.3, 0.4) is 0 Å². The van der Waals surface area contributed by atoms with E-state index in [1.165, 1.54) is 4.52 Å². The zero-order chi connectivity index (χ0) is 23.7. The van der Waals surface area contributed by atoms with Crippen LogP contribution in [0.5, 0.6) is 0 Å². The van der Waals surface area contributed by atoms with E-state index in [0.717, 1.165) is 21.4 Å². The Morgan fingerprint density at radius 2 is 1.47 bits per heavy atom. The lowest BCUT2D eigenvalue weighted by Gasteiger charge is -2.11. The first kappa shape index (κ1) is 21.9. The molecule has 0 aliphatic rings. The van der Waals surface area contributed by atoms with Gasteiger partial charge in [0.1, 0.15) is 6.54 Å². The second-order valence-corrected chi connectivity index (χ2v) is 8.41. The summed E-state index contributed by atoms with van der Waals surface area (Å²) in [6.07, 6.45) is 1.61. The Balaban J connectivity index is 1.62. The third-order valence-corrected chi connectivity index (χ3v) is 5.76. The molecular weight excluding hydrogens is 473 g/mol. The number of benzene rings is 3. The van der Waals surface area contributed by atoms with Crippen LogP contribution in [-0.4, -0.2) is 25.3 Å². The Kier molecular flexibility index (Phi) is 5.88. The SMILES string of the molecule is O=C(Cn1nc2c(-c3ccc(Cl)cc3)c(-c3ccc(Cl)cc3)cnn2c1=O)Nc1ccccc1. The number of nitrogens with zero attached hydrogens (tertiary/aromatic N) is 4. The molecule has 1 amide bonds. The smallest absolute Gasteiger partial charge is 0.324 e. The van der Waals surface area contributed by atoms with Crippen molar-refractivity contribution >= 4 is 40.4 Å². The largest absolute Gasteiger partial charge is 0.367 e. The first-order chi connectivity index (χ1) is 16.5. The fourth-order valence-electron chi connectivity index (χ4n) is 3.67. The van der Waals surface area contributed by atoms with Gasteiger partial charge in [-0.05, 0) is 47.5 Å². The minimum Gasteiger partial charge on any atom is -0.324 e.